The van der Waals surface area contributed by atoms with E-state index in [0.717, 1.165) is 9.47 Å². The average Bonchev–Trinajstić information content (AvgIpc) is 2.87. The van der Waals surface area contributed by atoms with E-state index >= 15 is 0 Å². The first kappa shape index (κ1) is 10.7. The molecule has 1 fully saturated rings. The van der Waals surface area contributed by atoms with E-state index in [0.29, 0.717) is 6.04 Å². The second kappa shape index (κ2) is 4.36. The van der Waals surface area contributed by atoms with Crippen molar-refractivity contribution in [2.75, 3.05) is 5.32 Å². The largest absolute Gasteiger partial charge is 0.369 e. The number of rotatable bonds is 5. The molecule has 1 heterocycles. The molecule has 0 bridgehead atoms. The first-order valence-electron chi connectivity index (χ1n) is 4.71. The first-order chi connectivity index (χ1) is 7.15. The normalized spacial score (nSPS) is 17.4. The maximum atomic E-state index is 10.8. The van der Waals surface area contributed by atoms with Crippen molar-refractivity contribution in [2.45, 2.75) is 35.4 Å². The molecule has 1 saturated carbocycles. The van der Waals surface area contributed by atoms with Crippen molar-refractivity contribution in [3.63, 3.8) is 0 Å². The number of carbonyl (C=O) groups is 1. The summed E-state index contributed by atoms with van der Waals surface area (Å²) in [5, 5.41) is 11.8. The summed E-state index contributed by atoms with van der Waals surface area (Å²) in [5.41, 5.74) is 5.16. The van der Waals surface area contributed by atoms with Gasteiger partial charge in [-0.3, -0.25) is 4.79 Å². The molecule has 1 aliphatic rings. The van der Waals surface area contributed by atoms with Gasteiger partial charge in [-0.1, -0.05) is 23.1 Å². The van der Waals surface area contributed by atoms with Gasteiger partial charge in [0.2, 0.25) is 11.0 Å². The first-order valence-corrected chi connectivity index (χ1v) is 6.41. The van der Waals surface area contributed by atoms with E-state index in [1.165, 1.54) is 35.9 Å². The molecule has 7 heteroatoms. The van der Waals surface area contributed by atoms with Gasteiger partial charge in [-0.2, -0.15) is 0 Å². The van der Waals surface area contributed by atoms with Gasteiger partial charge in [0, 0.05) is 6.04 Å². The van der Waals surface area contributed by atoms with E-state index in [-0.39, 0.29) is 11.2 Å². The highest BCUT2D eigenvalue weighted by Gasteiger charge is 2.22. The number of nitrogens with zero attached hydrogens (tertiary/aromatic N) is 2. The molecule has 82 valence electrons. The summed E-state index contributed by atoms with van der Waals surface area (Å²) in [6, 6.07) is 0.573. The van der Waals surface area contributed by atoms with Gasteiger partial charge < -0.3 is 11.1 Å². The smallest absolute Gasteiger partial charge is 0.230 e. The summed E-state index contributed by atoms with van der Waals surface area (Å²) in [7, 11) is 0. The third-order valence-corrected chi connectivity index (χ3v) is 4.05. The van der Waals surface area contributed by atoms with E-state index in [1.54, 1.807) is 6.92 Å². The standard InChI is InChI=1S/C8H12N4OS2/c1-4(6(9)13)14-8-12-11-7(15-8)10-5-2-3-5/h4-5H,2-3H2,1H3,(H2,9,13)(H,10,11)/t4-/m0/s1. The zero-order chi connectivity index (χ0) is 10.8. The fourth-order valence-corrected chi connectivity index (χ4v) is 2.85. The number of amides is 1. The van der Waals surface area contributed by atoms with Crippen LogP contribution in [0.5, 0.6) is 0 Å². The summed E-state index contributed by atoms with van der Waals surface area (Å²) < 4.78 is 0.782. The van der Waals surface area contributed by atoms with Crippen LogP contribution in [0.3, 0.4) is 0 Å². The number of primary amides is 1. The van der Waals surface area contributed by atoms with E-state index in [9.17, 15) is 4.79 Å². The SMILES string of the molecule is C[C@H](Sc1nnc(NC2CC2)s1)C(N)=O. The van der Waals surface area contributed by atoms with Crippen LogP contribution in [0, 0.1) is 0 Å². The lowest BCUT2D eigenvalue weighted by Gasteiger charge is -2.01. The maximum Gasteiger partial charge on any atom is 0.230 e. The molecule has 1 aliphatic carbocycles. The van der Waals surface area contributed by atoms with Crippen LogP contribution in [-0.2, 0) is 4.79 Å². The summed E-state index contributed by atoms with van der Waals surface area (Å²) in [5.74, 6) is -0.327. The number of aromatic nitrogens is 2. The number of nitrogens with two attached hydrogens (primary N) is 1. The molecule has 0 spiro atoms. The van der Waals surface area contributed by atoms with Crippen LogP contribution in [0.15, 0.2) is 4.34 Å². The molecule has 0 aliphatic heterocycles. The predicted molar refractivity (Wildman–Crippen MR) is 61.1 cm³/mol. The van der Waals surface area contributed by atoms with Crippen molar-refractivity contribution >= 4 is 34.1 Å². The van der Waals surface area contributed by atoms with Gasteiger partial charge in [-0.25, -0.2) is 0 Å². The fraction of sp³-hybridized carbons (Fsp3) is 0.625. The number of anilines is 1. The number of nitrogens with one attached hydrogen (secondary N) is 1. The Morgan fingerprint density at radius 2 is 2.40 bits per heavy atom. The van der Waals surface area contributed by atoms with Gasteiger partial charge in [-0.05, 0) is 19.8 Å². The van der Waals surface area contributed by atoms with Crippen molar-refractivity contribution in [3.05, 3.63) is 0 Å². The van der Waals surface area contributed by atoms with Crippen LogP contribution in [0.1, 0.15) is 19.8 Å². The Balaban J connectivity index is 1.90. The van der Waals surface area contributed by atoms with E-state index in [4.69, 9.17) is 5.73 Å². The molecule has 1 atom stereocenters. The second-order valence-corrected chi connectivity index (χ2v) is 6.02. The Labute approximate surface area is 95.8 Å². The summed E-state index contributed by atoms with van der Waals surface area (Å²) >= 11 is 2.82. The molecule has 0 unspecified atom stereocenters. The third-order valence-electron chi connectivity index (χ3n) is 1.99. The van der Waals surface area contributed by atoms with Crippen LogP contribution in [-0.4, -0.2) is 27.4 Å². The molecule has 0 radical (unpaired) electrons. The van der Waals surface area contributed by atoms with E-state index in [1.807, 2.05) is 0 Å². The summed E-state index contributed by atoms with van der Waals surface area (Å²) in [6.07, 6.45) is 2.42. The van der Waals surface area contributed by atoms with Crippen molar-refractivity contribution < 1.29 is 4.79 Å². The second-order valence-electron chi connectivity index (χ2n) is 3.45. The lowest BCUT2D eigenvalue weighted by molar-refractivity contribution is -0.117. The Morgan fingerprint density at radius 3 is 3.00 bits per heavy atom. The minimum absolute atomic E-state index is 0.258. The molecule has 0 aromatic carbocycles. The lowest BCUT2D eigenvalue weighted by Crippen LogP contribution is -2.22. The Hall–Kier alpha value is -0.820. The minimum Gasteiger partial charge on any atom is -0.369 e. The van der Waals surface area contributed by atoms with Crippen LogP contribution < -0.4 is 11.1 Å². The van der Waals surface area contributed by atoms with Gasteiger partial charge in [0.1, 0.15) is 0 Å². The molecule has 1 aromatic heterocycles. The van der Waals surface area contributed by atoms with Gasteiger partial charge in [0.05, 0.1) is 5.25 Å². The van der Waals surface area contributed by atoms with Crippen LogP contribution in [0.4, 0.5) is 5.13 Å². The van der Waals surface area contributed by atoms with Gasteiger partial charge in [0.25, 0.3) is 0 Å². The maximum absolute atomic E-state index is 10.8. The van der Waals surface area contributed by atoms with Crippen molar-refractivity contribution in [1.29, 1.82) is 0 Å². The van der Waals surface area contributed by atoms with Crippen molar-refractivity contribution in [3.8, 4) is 0 Å². The molecule has 1 aromatic rings. The number of hydrogen-bond acceptors (Lipinski definition) is 6. The number of carbonyl (C=O) groups excluding carboxylic acids is 1. The topological polar surface area (TPSA) is 80.9 Å². The molecule has 15 heavy (non-hydrogen) atoms. The summed E-state index contributed by atoms with van der Waals surface area (Å²) in [6.45, 7) is 1.77. The highest BCUT2D eigenvalue weighted by molar-refractivity contribution is 8.02. The predicted octanol–water partition coefficient (Wildman–Crippen LogP) is 1.08. The van der Waals surface area contributed by atoms with Gasteiger partial charge in [-0.15, -0.1) is 10.2 Å². The molecule has 3 N–H and O–H groups in total. The zero-order valence-electron chi connectivity index (χ0n) is 8.27. The Kier molecular flexibility index (Phi) is 3.11. The summed E-state index contributed by atoms with van der Waals surface area (Å²) in [4.78, 5) is 10.8. The zero-order valence-corrected chi connectivity index (χ0v) is 9.90. The molecule has 1 amide bonds. The Morgan fingerprint density at radius 1 is 1.67 bits per heavy atom. The number of hydrogen-bond donors (Lipinski definition) is 2. The van der Waals surface area contributed by atoms with E-state index in [2.05, 4.69) is 15.5 Å². The highest BCUT2D eigenvalue weighted by atomic mass is 32.2. The highest BCUT2D eigenvalue weighted by Crippen LogP contribution is 2.31. The van der Waals surface area contributed by atoms with Gasteiger partial charge >= 0.3 is 0 Å². The monoisotopic (exact) mass is 244 g/mol. The molecule has 2 rings (SSSR count). The fourth-order valence-electron chi connectivity index (χ4n) is 0.927. The van der Waals surface area contributed by atoms with Crippen molar-refractivity contribution in [2.24, 2.45) is 5.73 Å². The van der Waals surface area contributed by atoms with Crippen molar-refractivity contribution in [1.82, 2.24) is 10.2 Å². The van der Waals surface area contributed by atoms with Gasteiger partial charge in [0.15, 0.2) is 4.34 Å². The lowest BCUT2D eigenvalue weighted by atomic mass is 10.5. The number of thioether (sulfide) groups is 1. The third kappa shape index (κ3) is 3.07. The van der Waals surface area contributed by atoms with Crippen LogP contribution in [0.25, 0.3) is 0 Å². The molecule has 5 nitrogen and oxygen atoms in total. The minimum atomic E-state index is -0.327. The molecule has 0 saturated heterocycles. The molecular weight excluding hydrogens is 232 g/mol. The average molecular weight is 244 g/mol. The Bertz CT molecular complexity index is 363. The molecular formula is C8H12N4OS2. The van der Waals surface area contributed by atoms with E-state index < -0.39 is 0 Å². The van der Waals surface area contributed by atoms with Crippen LogP contribution in [0.2, 0.25) is 0 Å². The van der Waals surface area contributed by atoms with Crippen LogP contribution >= 0.6 is 23.1 Å². The quantitative estimate of drug-likeness (QED) is 0.757.